The molecule has 4 nitrogen and oxygen atoms in total. The molecule has 1 aromatic carbocycles. The number of nitrogen functional groups attached to an aromatic ring is 1. The van der Waals surface area contributed by atoms with E-state index >= 15 is 0 Å². The van der Waals surface area contributed by atoms with Crippen LogP contribution < -0.4 is 16.4 Å². The largest absolute Gasteiger partial charge is 0.399 e. The molecule has 1 saturated carbocycles. The molecule has 1 amide bonds. The standard InChI is InChI=1S/C15H23N3O/c1-10-4-3-5-12(8-10)18-14-9-11(16)6-7-13(14)15(19)17-2/h6-7,9-10,12,18H,3-5,8,16H2,1-2H3,(H,17,19). The summed E-state index contributed by atoms with van der Waals surface area (Å²) in [6.07, 6.45) is 4.86. The van der Waals surface area contributed by atoms with Crippen molar-refractivity contribution < 1.29 is 4.79 Å². The molecule has 1 aromatic rings. The lowest BCUT2D eigenvalue weighted by Crippen LogP contribution is -2.28. The zero-order valence-corrected chi connectivity index (χ0v) is 11.7. The van der Waals surface area contributed by atoms with Crippen molar-refractivity contribution in [1.29, 1.82) is 0 Å². The van der Waals surface area contributed by atoms with Crippen molar-refractivity contribution in [3.8, 4) is 0 Å². The summed E-state index contributed by atoms with van der Waals surface area (Å²) in [5, 5.41) is 6.16. The molecular weight excluding hydrogens is 238 g/mol. The predicted molar refractivity (Wildman–Crippen MR) is 79.3 cm³/mol. The number of hydrogen-bond acceptors (Lipinski definition) is 3. The first-order valence-corrected chi connectivity index (χ1v) is 6.98. The molecule has 2 unspecified atom stereocenters. The van der Waals surface area contributed by atoms with Gasteiger partial charge in [-0.1, -0.05) is 19.8 Å². The van der Waals surface area contributed by atoms with Gasteiger partial charge in [-0.25, -0.2) is 0 Å². The fourth-order valence-corrected chi connectivity index (χ4v) is 2.80. The van der Waals surface area contributed by atoms with Crippen LogP contribution in [0, 0.1) is 5.92 Å². The Bertz CT molecular complexity index is 459. The smallest absolute Gasteiger partial charge is 0.253 e. The molecule has 1 fully saturated rings. The molecule has 104 valence electrons. The summed E-state index contributed by atoms with van der Waals surface area (Å²) in [7, 11) is 1.64. The minimum absolute atomic E-state index is 0.0774. The molecule has 0 bridgehead atoms. The maximum Gasteiger partial charge on any atom is 0.253 e. The minimum atomic E-state index is -0.0774. The summed E-state index contributed by atoms with van der Waals surface area (Å²) in [5.74, 6) is 0.669. The highest BCUT2D eigenvalue weighted by atomic mass is 16.1. The Morgan fingerprint density at radius 1 is 1.37 bits per heavy atom. The van der Waals surface area contributed by atoms with Crippen molar-refractivity contribution in [2.75, 3.05) is 18.1 Å². The van der Waals surface area contributed by atoms with E-state index in [1.54, 1.807) is 19.2 Å². The molecule has 2 rings (SSSR count). The van der Waals surface area contributed by atoms with E-state index in [2.05, 4.69) is 17.6 Å². The Labute approximate surface area is 114 Å². The van der Waals surface area contributed by atoms with Crippen molar-refractivity contribution in [3.63, 3.8) is 0 Å². The second-order valence-electron chi connectivity index (χ2n) is 5.50. The first kappa shape index (κ1) is 13.7. The highest BCUT2D eigenvalue weighted by Crippen LogP contribution is 2.28. The minimum Gasteiger partial charge on any atom is -0.399 e. The van der Waals surface area contributed by atoms with Crippen LogP contribution in [0.4, 0.5) is 11.4 Å². The van der Waals surface area contributed by atoms with Gasteiger partial charge in [-0.2, -0.15) is 0 Å². The van der Waals surface area contributed by atoms with Gasteiger partial charge >= 0.3 is 0 Å². The topological polar surface area (TPSA) is 67.2 Å². The fourth-order valence-electron chi connectivity index (χ4n) is 2.80. The van der Waals surface area contributed by atoms with Crippen LogP contribution in [0.25, 0.3) is 0 Å². The molecule has 4 N–H and O–H groups in total. The number of nitrogens with one attached hydrogen (secondary N) is 2. The van der Waals surface area contributed by atoms with E-state index in [1.165, 1.54) is 12.8 Å². The van der Waals surface area contributed by atoms with Crippen LogP contribution in [0.5, 0.6) is 0 Å². The van der Waals surface area contributed by atoms with Gasteiger partial charge in [0, 0.05) is 24.5 Å². The van der Waals surface area contributed by atoms with Crippen LogP contribution in [0.3, 0.4) is 0 Å². The van der Waals surface area contributed by atoms with E-state index < -0.39 is 0 Å². The number of anilines is 2. The van der Waals surface area contributed by atoms with Gasteiger partial charge in [0.05, 0.1) is 5.56 Å². The number of hydrogen-bond donors (Lipinski definition) is 3. The van der Waals surface area contributed by atoms with Crippen LogP contribution in [-0.4, -0.2) is 19.0 Å². The van der Waals surface area contributed by atoms with Gasteiger partial charge < -0.3 is 16.4 Å². The second kappa shape index (κ2) is 5.95. The van der Waals surface area contributed by atoms with Crippen LogP contribution in [0.2, 0.25) is 0 Å². The third kappa shape index (κ3) is 3.40. The molecule has 0 aromatic heterocycles. The molecule has 0 saturated heterocycles. The number of rotatable bonds is 3. The predicted octanol–water partition coefficient (Wildman–Crippen LogP) is 2.62. The third-order valence-corrected chi connectivity index (χ3v) is 3.81. The lowest BCUT2D eigenvalue weighted by molar-refractivity contribution is 0.0964. The normalized spacial score (nSPS) is 22.8. The van der Waals surface area contributed by atoms with Crippen molar-refractivity contribution in [1.82, 2.24) is 5.32 Å². The Morgan fingerprint density at radius 3 is 2.84 bits per heavy atom. The average Bonchev–Trinajstić information content (AvgIpc) is 2.38. The van der Waals surface area contributed by atoms with E-state index in [4.69, 9.17) is 5.73 Å². The highest BCUT2D eigenvalue weighted by molar-refractivity contribution is 6.00. The summed E-state index contributed by atoms with van der Waals surface area (Å²) in [5.41, 5.74) is 8.02. The SMILES string of the molecule is CNC(=O)c1ccc(N)cc1NC1CCCC(C)C1. The van der Waals surface area contributed by atoms with Crippen molar-refractivity contribution in [3.05, 3.63) is 23.8 Å². The monoisotopic (exact) mass is 261 g/mol. The Hall–Kier alpha value is -1.71. The lowest BCUT2D eigenvalue weighted by atomic mass is 9.87. The summed E-state index contributed by atoms with van der Waals surface area (Å²) >= 11 is 0. The number of benzene rings is 1. The maximum absolute atomic E-state index is 11.9. The summed E-state index contributed by atoms with van der Waals surface area (Å²) < 4.78 is 0. The van der Waals surface area contributed by atoms with Crippen molar-refractivity contribution >= 4 is 17.3 Å². The first-order valence-electron chi connectivity index (χ1n) is 6.98. The number of carbonyl (C=O) groups is 1. The fraction of sp³-hybridized carbons (Fsp3) is 0.533. The Kier molecular flexibility index (Phi) is 4.30. The molecule has 0 heterocycles. The van der Waals surface area contributed by atoms with Crippen LogP contribution >= 0.6 is 0 Å². The van der Waals surface area contributed by atoms with E-state index in [1.807, 2.05) is 6.07 Å². The average molecular weight is 261 g/mol. The molecule has 1 aliphatic rings. The van der Waals surface area contributed by atoms with E-state index in [0.717, 1.165) is 24.4 Å². The van der Waals surface area contributed by atoms with Crippen molar-refractivity contribution in [2.45, 2.75) is 38.6 Å². The summed E-state index contributed by atoms with van der Waals surface area (Å²) in [6, 6.07) is 5.83. The Morgan fingerprint density at radius 2 is 2.16 bits per heavy atom. The summed E-state index contributed by atoms with van der Waals surface area (Å²) in [4.78, 5) is 11.9. The zero-order chi connectivity index (χ0) is 13.8. The molecule has 19 heavy (non-hydrogen) atoms. The van der Waals surface area contributed by atoms with Crippen LogP contribution in [0.15, 0.2) is 18.2 Å². The molecule has 2 atom stereocenters. The third-order valence-electron chi connectivity index (χ3n) is 3.81. The second-order valence-corrected chi connectivity index (χ2v) is 5.50. The first-order chi connectivity index (χ1) is 9.10. The van der Waals surface area contributed by atoms with Gasteiger partial charge in [0.2, 0.25) is 0 Å². The number of carbonyl (C=O) groups excluding carboxylic acids is 1. The number of nitrogens with two attached hydrogens (primary N) is 1. The van der Waals surface area contributed by atoms with Crippen LogP contribution in [-0.2, 0) is 0 Å². The van der Waals surface area contributed by atoms with Gasteiger partial charge in [-0.05, 0) is 37.0 Å². The van der Waals surface area contributed by atoms with Gasteiger partial charge in [-0.15, -0.1) is 0 Å². The van der Waals surface area contributed by atoms with Gasteiger partial charge in [0.15, 0.2) is 0 Å². The van der Waals surface area contributed by atoms with Crippen LogP contribution in [0.1, 0.15) is 43.0 Å². The van der Waals surface area contributed by atoms with E-state index in [0.29, 0.717) is 17.3 Å². The van der Waals surface area contributed by atoms with Crippen molar-refractivity contribution in [2.24, 2.45) is 5.92 Å². The van der Waals surface area contributed by atoms with Gasteiger partial charge in [0.25, 0.3) is 5.91 Å². The molecule has 4 heteroatoms. The van der Waals surface area contributed by atoms with Gasteiger partial charge in [-0.3, -0.25) is 4.79 Å². The molecule has 0 spiro atoms. The quantitative estimate of drug-likeness (QED) is 0.733. The van der Waals surface area contributed by atoms with Gasteiger partial charge in [0.1, 0.15) is 0 Å². The Balaban J connectivity index is 2.18. The molecule has 1 aliphatic carbocycles. The number of amides is 1. The lowest BCUT2D eigenvalue weighted by Gasteiger charge is -2.29. The molecule has 0 aliphatic heterocycles. The maximum atomic E-state index is 11.9. The molecular formula is C15H23N3O. The van der Waals surface area contributed by atoms with E-state index in [9.17, 15) is 4.79 Å². The summed E-state index contributed by atoms with van der Waals surface area (Å²) in [6.45, 7) is 2.28. The molecule has 0 radical (unpaired) electrons. The van der Waals surface area contributed by atoms with E-state index in [-0.39, 0.29) is 5.91 Å². The zero-order valence-electron chi connectivity index (χ0n) is 11.7. The highest BCUT2D eigenvalue weighted by Gasteiger charge is 2.20.